The normalized spacial score (nSPS) is 15.6. The summed E-state index contributed by atoms with van der Waals surface area (Å²) in [5, 5.41) is 8.25. The molecule has 7 nitrogen and oxygen atoms in total. The maximum Gasteiger partial charge on any atom is 0.417 e. The minimum Gasteiger partial charge on any atom is -0.369 e. The standard InChI is InChI=1S/C19H18ClF3N6O/c1-27-14(4-7-25-27)12-5-8-28(9-6-12)15-11-26-29(18(30)17(15)20)16-3-2-13(10-24-16)19(21,22)23/h2-4,7,10-12H,5-6,8-9H2,1H3. The van der Waals surface area contributed by atoms with Gasteiger partial charge in [0, 0.05) is 44.1 Å². The zero-order chi connectivity index (χ0) is 21.5. The molecule has 0 spiro atoms. The number of hydrogen-bond donors (Lipinski definition) is 0. The highest BCUT2D eigenvalue weighted by Gasteiger charge is 2.31. The molecule has 158 valence electrons. The van der Waals surface area contributed by atoms with Crippen LogP contribution in [0.4, 0.5) is 18.9 Å². The molecule has 3 aromatic rings. The number of piperidine rings is 1. The summed E-state index contributed by atoms with van der Waals surface area (Å²) in [6.45, 7) is 1.39. The molecular weight excluding hydrogens is 421 g/mol. The highest BCUT2D eigenvalue weighted by molar-refractivity contribution is 6.33. The molecule has 4 heterocycles. The van der Waals surface area contributed by atoms with Crippen LogP contribution >= 0.6 is 11.6 Å². The van der Waals surface area contributed by atoms with Gasteiger partial charge < -0.3 is 4.90 Å². The lowest BCUT2D eigenvalue weighted by Gasteiger charge is -2.33. The lowest BCUT2D eigenvalue weighted by Crippen LogP contribution is -2.35. The third-order valence-corrected chi connectivity index (χ3v) is 5.66. The Bertz CT molecular complexity index is 1100. The van der Waals surface area contributed by atoms with Crippen molar-refractivity contribution in [2.45, 2.75) is 24.9 Å². The van der Waals surface area contributed by atoms with E-state index in [1.807, 2.05) is 22.7 Å². The van der Waals surface area contributed by atoms with Gasteiger partial charge in [-0.05, 0) is 31.0 Å². The summed E-state index contributed by atoms with van der Waals surface area (Å²) in [6, 6.07) is 3.95. The topological polar surface area (TPSA) is 68.8 Å². The van der Waals surface area contributed by atoms with Crippen molar-refractivity contribution in [2.24, 2.45) is 7.05 Å². The van der Waals surface area contributed by atoms with E-state index in [-0.39, 0.29) is 10.8 Å². The highest BCUT2D eigenvalue weighted by Crippen LogP contribution is 2.32. The Labute approximate surface area is 174 Å². The van der Waals surface area contributed by atoms with E-state index in [4.69, 9.17) is 11.6 Å². The second-order valence-electron chi connectivity index (χ2n) is 7.10. The molecule has 4 rings (SSSR count). The van der Waals surface area contributed by atoms with Crippen LogP contribution in [0, 0.1) is 0 Å². The van der Waals surface area contributed by atoms with Gasteiger partial charge in [0.1, 0.15) is 5.02 Å². The summed E-state index contributed by atoms with van der Waals surface area (Å²) in [4.78, 5) is 18.4. The second-order valence-corrected chi connectivity index (χ2v) is 7.48. The van der Waals surface area contributed by atoms with E-state index in [1.165, 1.54) is 11.9 Å². The van der Waals surface area contributed by atoms with Crippen molar-refractivity contribution in [1.29, 1.82) is 0 Å². The predicted molar refractivity (Wildman–Crippen MR) is 105 cm³/mol. The van der Waals surface area contributed by atoms with Crippen LogP contribution in [0.15, 0.2) is 41.6 Å². The minimum atomic E-state index is -4.51. The monoisotopic (exact) mass is 438 g/mol. The Hall–Kier alpha value is -2.88. The number of alkyl halides is 3. The number of rotatable bonds is 3. The number of nitrogens with zero attached hydrogens (tertiary/aromatic N) is 6. The fourth-order valence-corrected chi connectivity index (χ4v) is 3.94. The number of hydrogen-bond acceptors (Lipinski definition) is 5. The zero-order valence-corrected chi connectivity index (χ0v) is 16.7. The van der Waals surface area contributed by atoms with Crippen LogP contribution in [0.2, 0.25) is 5.02 Å². The van der Waals surface area contributed by atoms with Crippen LogP contribution in [-0.4, -0.2) is 37.6 Å². The molecule has 0 saturated carbocycles. The fraction of sp³-hybridized carbons (Fsp3) is 0.368. The van der Waals surface area contributed by atoms with Crippen LogP contribution in [0.3, 0.4) is 0 Å². The first-order valence-corrected chi connectivity index (χ1v) is 9.68. The Kier molecular flexibility index (Phi) is 5.27. The summed E-state index contributed by atoms with van der Waals surface area (Å²) >= 11 is 6.31. The van der Waals surface area contributed by atoms with Crippen molar-refractivity contribution in [1.82, 2.24) is 24.5 Å². The molecule has 0 atom stereocenters. The first-order valence-electron chi connectivity index (χ1n) is 9.30. The Morgan fingerprint density at radius 2 is 1.83 bits per heavy atom. The Morgan fingerprint density at radius 3 is 2.40 bits per heavy atom. The van der Waals surface area contributed by atoms with E-state index in [2.05, 4.69) is 15.2 Å². The van der Waals surface area contributed by atoms with E-state index >= 15 is 0 Å². The van der Waals surface area contributed by atoms with E-state index < -0.39 is 17.3 Å². The van der Waals surface area contributed by atoms with Crippen molar-refractivity contribution in [2.75, 3.05) is 18.0 Å². The smallest absolute Gasteiger partial charge is 0.369 e. The van der Waals surface area contributed by atoms with Crippen molar-refractivity contribution >= 4 is 17.3 Å². The van der Waals surface area contributed by atoms with Crippen LogP contribution in [0.5, 0.6) is 0 Å². The van der Waals surface area contributed by atoms with Gasteiger partial charge in [0.25, 0.3) is 5.56 Å². The number of aromatic nitrogens is 5. The summed E-state index contributed by atoms with van der Waals surface area (Å²) in [5.74, 6) is 0.341. The van der Waals surface area contributed by atoms with E-state index in [0.29, 0.717) is 30.9 Å². The van der Waals surface area contributed by atoms with E-state index in [1.54, 1.807) is 6.20 Å². The summed E-state index contributed by atoms with van der Waals surface area (Å²) in [6.07, 6.45) is 1.13. The molecule has 30 heavy (non-hydrogen) atoms. The average molecular weight is 439 g/mol. The van der Waals surface area contributed by atoms with Crippen LogP contribution < -0.4 is 10.5 Å². The lowest BCUT2D eigenvalue weighted by molar-refractivity contribution is -0.137. The summed E-state index contributed by atoms with van der Waals surface area (Å²) < 4.78 is 40.9. The lowest BCUT2D eigenvalue weighted by atomic mass is 9.93. The molecule has 1 aliphatic heterocycles. The van der Waals surface area contributed by atoms with Crippen molar-refractivity contribution in [3.8, 4) is 5.82 Å². The number of anilines is 1. The first-order chi connectivity index (χ1) is 14.3. The van der Waals surface area contributed by atoms with Crippen LogP contribution in [0.25, 0.3) is 5.82 Å². The van der Waals surface area contributed by atoms with Gasteiger partial charge in [0.05, 0.1) is 17.4 Å². The maximum absolute atomic E-state index is 12.7. The van der Waals surface area contributed by atoms with Gasteiger partial charge >= 0.3 is 6.18 Å². The molecule has 0 aromatic carbocycles. The van der Waals surface area contributed by atoms with Gasteiger partial charge in [-0.2, -0.15) is 28.1 Å². The predicted octanol–water partition coefficient (Wildman–Crippen LogP) is 3.42. The number of halogens is 4. The SMILES string of the molecule is Cn1nccc1C1CCN(c2cnn(-c3ccc(C(F)(F)F)cn3)c(=O)c2Cl)CC1. The maximum atomic E-state index is 12.7. The average Bonchev–Trinajstić information content (AvgIpc) is 3.15. The molecule has 3 aromatic heterocycles. The minimum absolute atomic E-state index is 0.0311. The third-order valence-electron chi connectivity index (χ3n) is 5.31. The van der Waals surface area contributed by atoms with Crippen LogP contribution in [0.1, 0.15) is 30.0 Å². The number of pyridine rings is 1. The molecule has 0 amide bonds. The van der Waals surface area contributed by atoms with E-state index in [9.17, 15) is 18.0 Å². The molecule has 0 N–H and O–H groups in total. The Morgan fingerprint density at radius 1 is 1.10 bits per heavy atom. The highest BCUT2D eigenvalue weighted by atomic mass is 35.5. The largest absolute Gasteiger partial charge is 0.417 e. The fourth-order valence-electron chi connectivity index (χ4n) is 3.69. The number of aryl methyl sites for hydroxylation is 1. The molecule has 1 fully saturated rings. The molecular formula is C19H18ClF3N6O. The molecule has 11 heteroatoms. The van der Waals surface area contributed by atoms with Gasteiger partial charge in [-0.15, -0.1) is 0 Å². The van der Waals surface area contributed by atoms with Gasteiger partial charge in [0.2, 0.25) is 0 Å². The molecule has 0 radical (unpaired) electrons. The molecule has 0 bridgehead atoms. The van der Waals surface area contributed by atoms with Gasteiger partial charge in [0.15, 0.2) is 5.82 Å². The first kappa shape index (κ1) is 20.4. The molecule has 1 saturated heterocycles. The third kappa shape index (κ3) is 3.79. The second kappa shape index (κ2) is 7.75. The zero-order valence-electron chi connectivity index (χ0n) is 16.0. The molecule has 0 unspecified atom stereocenters. The molecule has 0 aliphatic carbocycles. The van der Waals surface area contributed by atoms with Gasteiger partial charge in [-0.1, -0.05) is 11.6 Å². The van der Waals surface area contributed by atoms with Crippen molar-refractivity contribution < 1.29 is 13.2 Å². The summed E-state index contributed by atoms with van der Waals surface area (Å²) in [5.41, 5.74) is 0.143. The van der Waals surface area contributed by atoms with Crippen molar-refractivity contribution in [3.05, 3.63) is 63.4 Å². The summed E-state index contributed by atoms with van der Waals surface area (Å²) in [7, 11) is 1.91. The van der Waals surface area contributed by atoms with Crippen LogP contribution in [-0.2, 0) is 13.2 Å². The van der Waals surface area contributed by atoms with Gasteiger partial charge in [-0.25, -0.2) is 4.98 Å². The van der Waals surface area contributed by atoms with E-state index in [0.717, 1.165) is 29.7 Å². The van der Waals surface area contributed by atoms with Gasteiger partial charge in [-0.3, -0.25) is 9.48 Å². The van der Waals surface area contributed by atoms with Crippen molar-refractivity contribution in [3.63, 3.8) is 0 Å². The molecule has 1 aliphatic rings. The quantitative estimate of drug-likeness (QED) is 0.626. The Balaban J connectivity index is 1.54.